The minimum Gasteiger partial charge on any atom is -0.319 e. The molecule has 0 saturated carbocycles. The fraction of sp³-hybridized carbons (Fsp3) is 0. The van der Waals surface area contributed by atoms with Crippen LogP contribution in [0.5, 0.6) is 0 Å². The van der Waals surface area contributed by atoms with Crippen molar-refractivity contribution in [2.45, 2.75) is 0 Å². The zero-order chi connectivity index (χ0) is 14.9. The van der Waals surface area contributed by atoms with Crippen LogP contribution in [0.25, 0.3) is 0 Å². The van der Waals surface area contributed by atoms with Crippen molar-refractivity contribution in [3.05, 3.63) is 61.5 Å². The normalized spacial score (nSPS) is 10.4. The average Bonchev–Trinajstić information content (AvgIpc) is 2.35. The van der Waals surface area contributed by atoms with Crippen LogP contribution in [-0.4, -0.2) is 5.91 Å². The molecule has 104 valence electrons. The van der Waals surface area contributed by atoms with E-state index in [4.69, 9.17) is 11.6 Å². The zero-order valence-electron chi connectivity index (χ0n) is 9.68. The third-order valence-electron chi connectivity index (χ3n) is 2.43. The van der Waals surface area contributed by atoms with Gasteiger partial charge in [-0.05, 0) is 56.1 Å². The van der Waals surface area contributed by atoms with Gasteiger partial charge in [-0.15, -0.1) is 0 Å². The van der Waals surface area contributed by atoms with Crippen LogP contribution in [0.15, 0.2) is 39.3 Å². The molecule has 2 aromatic carbocycles. The zero-order valence-corrected chi connectivity index (χ0v) is 13.6. The number of nitrogens with one attached hydrogen (secondary N) is 1. The van der Waals surface area contributed by atoms with Crippen molar-refractivity contribution in [1.82, 2.24) is 0 Å². The number of rotatable bonds is 2. The van der Waals surface area contributed by atoms with Gasteiger partial charge in [0.05, 0.1) is 15.7 Å². The van der Waals surface area contributed by atoms with Gasteiger partial charge in [0.15, 0.2) is 0 Å². The summed E-state index contributed by atoms with van der Waals surface area (Å²) in [4.78, 5) is 12.0. The monoisotopic (exact) mass is 423 g/mol. The molecule has 0 aromatic heterocycles. The largest absolute Gasteiger partial charge is 0.319 e. The molecule has 7 heteroatoms. The maximum Gasteiger partial charge on any atom is 0.256 e. The molecule has 0 aliphatic rings. The smallest absolute Gasteiger partial charge is 0.256 e. The molecule has 0 bridgehead atoms. The van der Waals surface area contributed by atoms with E-state index in [9.17, 15) is 13.6 Å². The van der Waals surface area contributed by atoms with E-state index in [-0.39, 0.29) is 15.7 Å². The van der Waals surface area contributed by atoms with Gasteiger partial charge < -0.3 is 5.32 Å². The molecule has 0 fully saturated rings. The minimum absolute atomic E-state index is 0.0596. The molecule has 1 N–H and O–H groups in total. The fourth-order valence-electron chi connectivity index (χ4n) is 1.48. The molecule has 0 heterocycles. The van der Waals surface area contributed by atoms with E-state index in [2.05, 4.69) is 37.2 Å². The van der Waals surface area contributed by atoms with Gasteiger partial charge in [0.1, 0.15) is 11.6 Å². The van der Waals surface area contributed by atoms with E-state index < -0.39 is 17.5 Å². The van der Waals surface area contributed by atoms with Crippen molar-refractivity contribution >= 4 is 55.1 Å². The Balaban J connectivity index is 2.30. The predicted octanol–water partition coefficient (Wildman–Crippen LogP) is 5.40. The van der Waals surface area contributed by atoms with Gasteiger partial charge >= 0.3 is 0 Å². The Morgan fingerprint density at radius 2 is 1.75 bits per heavy atom. The van der Waals surface area contributed by atoms with E-state index in [1.165, 1.54) is 12.1 Å². The first kappa shape index (κ1) is 15.4. The Kier molecular flexibility index (Phi) is 4.78. The van der Waals surface area contributed by atoms with Crippen LogP contribution in [0.2, 0.25) is 5.02 Å². The first-order chi connectivity index (χ1) is 9.38. The van der Waals surface area contributed by atoms with Crippen molar-refractivity contribution in [2.24, 2.45) is 0 Å². The molecule has 0 unspecified atom stereocenters. The van der Waals surface area contributed by atoms with Crippen LogP contribution in [0.4, 0.5) is 14.5 Å². The number of carbonyl (C=O) groups excluding carboxylic acids is 1. The molecule has 0 saturated heterocycles. The maximum atomic E-state index is 13.6. The number of anilines is 1. The molecule has 20 heavy (non-hydrogen) atoms. The van der Waals surface area contributed by atoms with Crippen LogP contribution in [0.3, 0.4) is 0 Å². The molecule has 0 aliphatic heterocycles. The summed E-state index contributed by atoms with van der Waals surface area (Å²) in [6, 6.07) is 6.44. The SMILES string of the molecule is O=C(Nc1cc(Br)c(F)cc1F)c1ccc(Cl)cc1Br. The molecule has 1 amide bonds. The van der Waals surface area contributed by atoms with Gasteiger partial charge in [0, 0.05) is 15.6 Å². The quantitative estimate of drug-likeness (QED) is 0.642. The van der Waals surface area contributed by atoms with E-state index in [0.29, 0.717) is 15.6 Å². The van der Waals surface area contributed by atoms with Gasteiger partial charge in [0.25, 0.3) is 5.91 Å². The number of halogens is 5. The summed E-state index contributed by atoms with van der Waals surface area (Å²) in [5.41, 5.74) is 0.166. The van der Waals surface area contributed by atoms with Crippen molar-refractivity contribution in [1.29, 1.82) is 0 Å². The Bertz CT molecular complexity index is 694. The van der Waals surface area contributed by atoms with Crippen molar-refractivity contribution in [2.75, 3.05) is 5.32 Å². The third-order valence-corrected chi connectivity index (χ3v) is 3.93. The molecule has 2 aromatic rings. The van der Waals surface area contributed by atoms with Gasteiger partial charge in [0.2, 0.25) is 0 Å². The molecule has 2 rings (SSSR count). The van der Waals surface area contributed by atoms with Crippen molar-refractivity contribution in [3.8, 4) is 0 Å². The summed E-state index contributed by atoms with van der Waals surface area (Å²) in [6.45, 7) is 0. The lowest BCUT2D eigenvalue weighted by Gasteiger charge is -2.09. The second kappa shape index (κ2) is 6.20. The average molecular weight is 425 g/mol. The van der Waals surface area contributed by atoms with Crippen LogP contribution < -0.4 is 5.32 Å². The highest BCUT2D eigenvalue weighted by Gasteiger charge is 2.14. The topological polar surface area (TPSA) is 29.1 Å². The van der Waals surface area contributed by atoms with Gasteiger partial charge in [-0.25, -0.2) is 8.78 Å². The highest BCUT2D eigenvalue weighted by molar-refractivity contribution is 9.10. The van der Waals surface area contributed by atoms with E-state index in [1.54, 1.807) is 6.07 Å². The van der Waals surface area contributed by atoms with Gasteiger partial charge in [-0.1, -0.05) is 11.6 Å². The summed E-state index contributed by atoms with van der Waals surface area (Å²) >= 11 is 11.9. The molecule has 2 nitrogen and oxygen atoms in total. The number of benzene rings is 2. The van der Waals surface area contributed by atoms with Crippen LogP contribution in [-0.2, 0) is 0 Å². The third kappa shape index (κ3) is 3.37. The van der Waals surface area contributed by atoms with E-state index >= 15 is 0 Å². The maximum absolute atomic E-state index is 13.6. The lowest BCUT2D eigenvalue weighted by molar-refractivity contribution is 0.102. The molecular formula is C13H6Br2ClF2NO. The Hall–Kier alpha value is -0.980. The number of carbonyl (C=O) groups is 1. The van der Waals surface area contributed by atoms with Crippen molar-refractivity contribution in [3.63, 3.8) is 0 Å². The predicted molar refractivity (Wildman–Crippen MR) is 81.2 cm³/mol. The van der Waals surface area contributed by atoms with Crippen LogP contribution >= 0.6 is 43.5 Å². The fourth-order valence-corrected chi connectivity index (χ4v) is 2.69. The van der Waals surface area contributed by atoms with Crippen molar-refractivity contribution < 1.29 is 13.6 Å². The standard InChI is InChI=1S/C13H6Br2ClF2NO/c14-8-3-6(16)1-2-7(8)13(20)19-12-4-9(15)10(17)5-11(12)18/h1-5H,(H,19,20). The molecule has 0 spiro atoms. The Morgan fingerprint density at radius 1 is 1.05 bits per heavy atom. The van der Waals surface area contributed by atoms with Crippen LogP contribution in [0, 0.1) is 11.6 Å². The molecule has 0 aliphatic carbocycles. The van der Waals surface area contributed by atoms with E-state index in [0.717, 1.165) is 6.07 Å². The van der Waals surface area contributed by atoms with Crippen LogP contribution in [0.1, 0.15) is 10.4 Å². The summed E-state index contributed by atoms with van der Waals surface area (Å²) in [5, 5.41) is 2.83. The summed E-state index contributed by atoms with van der Waals surface area (Å²) < 4.78 is 27.2. The minimum atomic E-state index is -0.857. The van der Waals surface area contributed by atoms with E-state index in [1.807, 2.05) is 0 Å². The van der Waals surface area contributed by atoms with Gasteiger partial charge in [-0.2, -0.15) is 0 Å². The number of amides is 1. The summed E-state index contributed by atoms with van der Waals surface area (Å²) in [6.07, 6.45) is 0. The lowest BCUT2D eigenvalue weighted by Crippen LogP contribution is -2.13. The first-order valence-electron chi connectivity index (χ1n) is 5.29. The summed E-state index contributed by atoms with van der Waals surface area (Å²) in [7, 11) is 0. The second-order valence-corrected chi connectivity index (χ2v) is 5.97. The number of hydrogen-bond acceptors (Lipinski definition) is 1. The molecule has 0 atom stereocenters. The Morgan fingerprint density at radius 3 is 2.40 bits per heavy atom. The highest BCUT2D eigenvalue weighted by Crippen LogP contribution is 2.26. The van der Waals surface area contributed by atoms with Gasteiger partial charge in [-0.3, -0.25) is 4.79 Å². The highest BCUT2D eigenvalue weighted by atomic mass is 79.9. The molecule has 0 radical (unpaired) electrons. The first-order valence-corrected chi connectivity index (χ1v) is 7.26. The lowest BCUT2D eigenvalue weighted by atomic mass is 10.2. The second-order valence-electron chi connectivity index (χ2n) is 3.82. The summed E-state index contributed by atoms with van der Waals surface area (Å²) in [5.74, 6) is -2.14. The number of hydrogen-bond donors (Lipinski definition) is 1. The Labute approximate surface area is 135 Å². The molecular weight excluding hydrogens is 419 g/mol.